The summed E-state index contributed by atoms with van der Waals surface area (Å²) in [6, 6.07) is 9.77. The fourth-order valence-corrected chi connectivity index (χ4v) is 5.54. The van der Waals surface area contributed by atoms with Gasteiger partial charge in [0.25, 0.3) is 5.91 Å². The molecule has 1 amide bonds. The van der Waals surface area contributed by atoms with Crippen LogP contribution in [0.15, 0.2) is 36.4 Å². The first-order valence-corrected chi connectivity index (χ1v) is 13.8. The number of rotatable bonds is 10. The number of piperazine rings is 1. The Kier molecular flexibility index (Phi) is 8.46. The molecule has 0 radical (unpaired) electrons. The highest BCUT2D eigenvalue weighted by Crippen LogP contribution is 2.37. The molecule has 0 bridgehead atoms. The molecule has 10 nitrogen and oxygen atoms in total. The van der Waals surface area contributed by atoms with Crippen molar-refractivity contribution in [2.24, 2.45) is 0 Å². The Morgan fingerprint density at radius 3 is 2.60 bits per heavy atom. The molecule has 2 aromatic carbocycles. The molecule has 3 heterocycles. The van der Waals surface area contributed by atoms with Gasteiger partial charge in [-0.2, -0.15) is 0 Å². The number of hydrogen-bond acceptors (Lipinski definition) is 9. The first kappa shape index (κ1) is 27.8. The number of anilines is 2. The second-order valence-electron chi connectivity index (χ2n) is 9.86. The number of hydrogen-bond donors (Lipinski definition) is 2. The maximum absolute atomic E-state index is 14.0. The maximum atomic E-state index is 14.0. The van der Waals surface area contributed by atoms with Crippen LogP contribution in [-0.4, -0.2) is 85.8 Å². The van der Waals surface area contributed by atoms with Crippen LogP contribution in [0.25, 0.3) is 10.9 Å². The SMILES string of the molecule is COc1cc2nc(=S)n3c(c2cc1OC)N[C@H](CCC(=O)NCCCN1CCN(c2ccccc2F)CC1)C3=O. The summed E-state index contributed by atoms with van der Waals surface area (Å²) < 4.78 is 26.3. The van der Waals surface area contributed by atoms with Crippen molar-refractivity contribution < 1.29 is 23.5 Å². The van der Waals surface area contributed by atoms with Crippen LogP contribution in [0.3, 0.4) is 0 Å². The third-order valence-corrected chi connectivity index (χ3v) is 7.69. The molecule has 3 aromatic rings. The maximum Gasteiger partial charge on any atom is 0.257 e. The van der Waals surface area contributed by atoms with E-state index in [0.29, 0.717) is 46.9 Å². The van der Waals surface area contributed by atoms with Crippen LogP contribution in [0, 0.1) is 10.6 Å². The average Bonchev–Trinajstić information content (AvgIpc) is 3.31. The van der Waals surface area contributed by atoms with Crippen molar-refractivity contribution in [3.63, 3.8) is 0 Å². The van der Waals surface area contributed by atoms with Gasteiger partial charge in [0, 0.05) is 50.6 Å². The lowest BCUT2D eigenvalue weighted by Crippen LogP contribution is -2.47. The first-order valence-electron chi connectivity index (χ1n) is 13.4. The Labute approximate surface area is 237 Å². The second kappa shape index (κ2) is 12.2. The van der Waals surface area contributed by atoms with Gasteiger partial charge >= 0.3 is 0 Å². The minimum atomic E-state index is -0.585. The number of ether oxygens (including phenoxy) is 2. The number of para-hydroxylation sites is 1. The quantitative estimate of drug-likeness (QED) is 0.281. The number of nitrogens with zero attached hydrogens (tertiary/aromatic N) is 4. The van der Waals surface area contributed by atoms with Crippen LogP contribution in [0.5, 0.6) is 11.5 Å². The molecule has 1 saturated heterocycles. The van der Waals surface area contributed by atoms with Gasteiger partial charge in [0.2, 0.25) is 10.7 Å². The smallest absolute Gasteiger partial charge is 0.257 e. The summed E-state index contributed by atoms with van der Waals surface area (Å²) in [7, 11) is 3.08. The fourth-order valence-electron chi connectivity index (χ4n) is 5.26. The van der Waals surface area contributed by atoms with E-state index in [1.165, 1.54) is 10.6 Å². The molecule has 1 atom stereocenters. The Morgan fingerprint density at radius 1 is 1.15 bits per heavy atom. The van der Waals surface area contributed by atoms with E-state index < -0.39 is 6.04 Å². The number of carbonyl (C=O) groups is 2. The van der Waals surface area contributed by atoms with E-state index in [9.17, 15) is 14.0 Å². The van der Waals surface area contributed by atoms with Crippen molar-refractivity contribution in [1.82, 2.24) is 19.8 Å². The largest absolute Gasteiger partial charge is 0.493 e. The minimum absolute atomic E-state index is 0.104. The Balaban J connectivity index is 1.08. The van der Waals surface area contributed by atoms with Gasteiger partial charge in [0.05, 0.1) is 25.4 Å². The van der Waals surface area contributed by atoms with Gasteiger partial charge in [0.1, 0.15) is 17.7 Å². The second-order valence-corrected chi connectivity index (χ2v) is 10.2. The van der Waals surface area contributed by atoms with Crippen molar-refractivity contribution in [3.8, 4) is 11.5 Å². The lowest BCUT2D eigenvalue weighted by molar-refractivity contribution is -0.121. The minimum Gasteiger partial charge on any atom is -0.493 e. The van der Waals surface area contributed by atoms with E-state index in [2.05, 4.69) is 25.4 Å². The standard InChI is InChI=1S/C28H33FN6O4S/c1-38-23-16-18-21(17-24(23)39-2)32-28(40)35-26(18)31-20(27(35)37)8-9-25(36)30-10-5-11-33-12-14-34(15-13-33)22-7-4-3-6-19(22)29/h3-4,6-7,16-17,20,31H,5,8-15H2,1-2H3,(H,30,36)/t20-/m1/s1. The van der Waals surface area contributed by atoms with Gasteiger partial charge in [-0.1, -0.05) is 12.1 Å². The van der Waals surface area contributed by atoms with E-state index in [4.69, 9.17) is 21.7 Å². The number of benzene rings is 2. The van der Waals surface area contributed by atoms with E-state index in [0.717, 1.165) is 39.1 Å². The van der Waals surface area contributed by atoms with Crippen molar-refractivity contribution in [3.05, 3.63) is 47.0 Å². The van der Waals surface area contributed by atoms with Gasteiger partial charge < -0.3 is 25.0 Å². The van der Waals surface area contributed by atoms with E-state index >= 15 is 0 Å². The highest BCUT2D eigenvalue weighted by atomic mass is 32.1. The zero-order valence-electron chi connectivity index (χ0n) is 22.6. The first-order chi connectivity index (χ1) is 19.4. The van der Waals surface area contributed by atoms with Crippen molar-refractivity contribution in [1.29, 1.82) is 0 Å². The van der Waals surface area contributed by atoms with Gasteiger partial charge in [-0.25, -0.2) is 13.9 Å². The van der Waals surface area contributed by atoms with Gasteiger partial charge in [0.15, 0.2) is 11.5 Å². The molecule has 2 N–H and O–H groups in total. The molecule has 12 heteroatoms. The zero-order chi connectivity index (χ0) is 28.2. The van der Waals surface area contributed by atoms with E-state index in [1.54, 1.807) is 32.4 Å². The number of amides is 1. The lowest BCUT2D eigenvalue weighted by atomic mass is 10.1. The normalized spacial score (nSPS) is 17.0. The predicted molar refractivity (Wildman–Crippen MR) is 154 cm³/mol. The molecular weight excluding hydrogens is 535 g/mol. The van der Waals surface area contributed by atoms with E-state index in [-0.39, 0.29) is 28.8 Å². The van der Waals surface area contributed by atoms with Crippen LogP contribution < -0.4 is 25.0 Å². The molecule has 1 aromatic heterocycles. The summed E-state index contributed by atoms with van der Waals surface area (Å²) in [6.45, 7) is 4.66. The van der Waals surface area contributed by atoms with Crippen LogP contribution in [0.2, 0.25) is 0 Å². The van der Waals surface area contributed by atoms with Crippen molar-refractivity contribution in [2.45, 2.75) is 25.3 Å². The average molecular weight is 569 g/mol. The summed E-state index contributed by atoms with van der Waals surface area (Å²) in [5, 5.41) is 6.88. The monoisotopic (exact) mass is 568 g/mol. The molecule has 2 aliphatic rings. The number of nitrogens with one attached hydrogen (secondary N) is 2. The van der Waals surface area contributed by atoms with E-state index in [1.807, 2.05) is 12.1 Å². The number of methoxy groups -OCH3 is 2. The predicted octanol–water partition coefficient (Wildman–Crippen LogP) is 3.47. The number of carbonyl (C=O) groups excluding carboxylic acids is 2. The number of fused-ring (bicyclic) bond motifs is 3. The van der Waals surface area contributed by atoms with Gasteiger partial charge in [-0.3, -0.25) is 14.5 Å². The van der Waals surface area contributed by atoms with Crippen LogP contribution >= 0.6 is 12.2 Å². The molecule has 0 saturated carbocycles. The Bertz CT molecular complexity index is 1470. The number of halogens is 1. The molecule has 1 fully saturated rings. The molecule has 0 spiro atoms. The summed E-state index contributed by atoms with van der Waals surface area (Å²) >= 11 is 5.39. The topological polar surface area (TPSA) is 101 Å². The van der Waals surface area contributed by atoms with Crippen LogP contribution in [0.4, 0.5) is 15.9 Å². The lowest BCUT2D eigenvalue weighted by Gasteiger charge is -2.36. The highest BCUT2D eigenvalue weighted by Gasteiger charge is 2.32. The summed E-state index contributed by atoms with van der Waals surface area (Å²) in [5.74, 6) is 1.05. The molecule has 0 aliphatic carbocycles. The van der Waals surface area contributed by atoms with Crippen LogP contribution in [-0.2, 0) is 4.79 Å². The summed E-state index contributed by atoms with van der Waals surface area (Å²) in [5.41, 5.74) is 1.24. The summed E-state index contributed by atoms with van der Waals surface area (Å²) in [4.78, 5) is 34.4. The van der Waals surface area contributed by atoms with Crippen molar-refractivity contribution >= 4 is 46.4 Å². The van der Waals surface area contributed by atoms with Gasteiger partial charge in [-0.05, 0) is 49.8 Å². The Morgan fingerprint density at radius 2 is 1.88 bits per heavy atom. The molecule has 0 unspecified atom stereocenters. The molecule has 212 valence electrons. The van der Waals surface area contributed by atoms with Gasteiger partial charge in [-0.15, -0.1) is 0 Å². The molecule has 5 rings (SSSR count). The highest BCUT2D eigenvalue weighted by molar-refractivity contribution is 7.71. The molecule has 40 heavy (non-hydrogen) atoms. The third-order valence-electron chi connectivity index (χ3n) is 7.42. The third kappa shape index (κ3) is 5.73. The Hall–Kier alpha value is -3.77. The molecule has 2 aliphatic heterocycles. The fraction of sp³-hybridized carbons (Fsp3) is 0.429. The molecular formula is C28H33FN6O4S. The zero-order valence-corrected chi connectivity index (χ0v) is 23.4. The van der Waals surface area contributed by atoms with Crippen LogP contribution in [0.1, 0.15) is 24.1 Å². The number of aromatic nitrogens is 2. The van der Waals surface area contributed by atoms with Crippen molar-refractivity contribution in [2.75, 3.05) is 63.7 Å². The summed E-state index contributed by atoms with van der Waals surface area (Å²) in [6.07, 6.45) is 1.35.